The van der Waals surface area contributed by atoms with Crippen molar-refractivity contribution in [3.05, 3.63) is 29.3 Å². The van der Waals surface area contributed by atoms with Crippen molar-refractivity contribution < 1.29 is 23.9 Å². The van der Waals surface area contributed by atoms with Crippen LogP contribution in [0.15, 0.2) is 23.1 Å². The molecule has 0 aliphatic carbocycles. The number of nitrogens with zero attached hydrogens (tertiary/aromatic N) is 1. The average Bonchev–Trinajstić information content (AvgIpc) is 3.01. The number of thioether (sulfide) groups is 1. The number of carbonyl (C=O) groups excluding carboxylic acids is 3. The molecule has 3 rings (SSSR count). The highest BCUT2D eigenvalue weighted by Crippen LogP contribution is 2.34. The van der Waals surface area contributed by atoms with Gasteiger partial charge in [0.1, 0.15) is 6.04 Å². The van der Waals surface area contributed by atoms with Crippen LogP contribution in [0.2, 0.25) is 0 Å². The number of fused-ring (bicyclic) bond motifs is 1. The lowest BCUT2D eigenvalue weighted by atomic mass is 10.0. The van der Waals surface area contributed by atoms with Gasteiger partial charge >= 0.3 is 0 Å². The summed E-state index contributed by atoms with van der Waals surface area (Å²) < 4.78 is 10.8. The maximum absolute atomic E-state index is 12.8. The van der Waals surface area contributed by atoms with E-state index in [4.69, 9.17) is 15.2 Å². The minimum atomic E-state index is -0.590. The Labute approximate surface area is 168 Å². The Morgan fingerprint density at radius 2 is 1.93 bits per heavy atom. The number of ether oxygens (including phenoxy) is 2. The van der Waals surface area contributed by atoms with Crippen LogP contribution >= 0.6 is 11.8 Å². The van der Waals surface area contributed by atoms with E-state index in [1.165, 1.54) is 0 Å². The SMILES string of the molecule is NCCOCCOCCSc1cccc2c1CN(C1CCC(=O)NC1=O)C2=O. The number of rotatable bonds is 10. The summed E-state index contributed by atoms with van der Waals surface area (Å²) in [5.41, 5.74) is 6.92. The van der Waals surface area contributed by atoms with E-state index in [0.29, 0.717) is 51.5 Å². The molecular formula is C19H25N3O5S. The topological polar surface area (TPSA) is 111 Å². The maximum atomic E-state index is 12.8. The molecule has 8 nitrogen and oxygen atoms in total. The third-order valence-electron chi connectivity index (χ3n) is 4.66. The molecule has 1 aromatic carbocycles. The zero-order valence-electron chi connectivity index (χ0n) is 15.6. The molecule has 1 aromatic rings. The number of imide groups is 1. The number of benzene rings is 1. The zero-order chi connectivity index (χ0) is 19.9. The Kier molecular flexibility index (Phi) is 7.43. The minimum absolute atomic E-state index is 0.153. The van der Waals surface area contributed by atoms with Crippen molar-refractivity contribution >= 4 is 29.5 Å². The molecule has 1 saturated heterocycles. The summed E-state index contributed by atoms with van der Waals surface area (Å²) in [5.74, 6) is -0.0767. The summed E-state index contributed by atoms with van der Waals surface area (Å²) in [6.07, 6.45) is 0.622. The first-order chi connectivity index (χ1) is 13.6. The highest BCUT2D eigenvalue weighted by molar-refractivity contribution is 7.99. The Hall–Kier alpha value is -1.94. The molecule has 0 radical (unpaired) electrons. The molecule has 2 heterocycles. The van der Waals surface area contributed by atoms with E-state index >= 15 is 0 Å². The molecule has 0 bridgehead atoms. The molecule has 28 heavy (non-hydrogen) atoms. The fourth-order valence-corrected chi connectivity index (χ4v) is 4.25. The molecule has 0 saturated carbocycles. The van der Waals surface area contributed by atoms with Gasteiger partial charge in [-0.1, -0.05) is 6.07 Å². The summed E-state index contributed by atoms with van der Waals surface area (Å²) in [7, 11) is 0. The van der Waals surface area contributed by atoms with Gasteiger partial charge in [-0.15, -0.1) is 11.8 Å². The molecule has 2 aliphatic heterocycles. The fraction of sp³-hybridized carbons (Fsp3) is 0.526. The Bertz CT molecular complexity index is 742. The molecule has 152 valence electrons. The molecular weight excluding hydrogens is 382 g/mol. The van der Waals surface area contributed by atoms with Crippen LogP contribution in [-0.4, -0.2) is 67.4 Å². The van der Waals surface area contributed by atoms with Crippen molar-refractivity contribution in [2.45, 2.75) is 30.3 Å². The van der Waals surface area contributed by atoms with Crippen molar-refractivity contribution in [2.24, 2.45) is 5.73 Å². The number of carbonyl (C=O) groups is 3. The fourth-order valence-electron chi connectivity index (χ4n) is 3.31. The Morgan fingerprint density at radius 1 is 1.14 bits per heavy atom. The van der Waals surface area contributed by atoms with E-state index in [1.54, 1.807) is 22.7 Å². The first-order valence-corrected chi connectivity index (χ1v) is 10.3. The average molecular weight is 407 g/mol. The summed E-state index contributed by atoms with van der Waals surface area (Å²) in [6.45, 7) is 3.05. The standard InChI is InChI=1S/C19H25N3O5S/c20-6-7-26-8-9-27-10-11-28-16-3-1-2-13-14(16)12-22(19(13)25)15-4-5-17(23)21-18(15)24/h1-3,15H,4-12,20H2,(H,21,23,24). The van der Waals surface area contributed by atoms with Crippen molar-refractivity contribution in [2.75, 3.05) is 38.7 Å². The van der Waals surface area contributed by atoms with Crippen LogP contribution < -0.4 is 11.1 Å². The number of nitrogens with one attached hydrogen (secondary N) is 1. The summed E-state index contributed by atoms with van der Waals surface area (Å²) in [4.78, 5) is 38.9. The molecule has 0 aromatic heterocycles. The molecule has 1 unspecified atom stereocenters. The maximum Gasteiger partial charge on any atom is 0.255 e. The van der Waals surface area contributed by atoms with Gasteiger partial charge in [-0.3, -0.25) is 19.7 Å². The first kappa shape index (κ1) is 20.8. The van der Waals surface area contributed by atoms with Gasteiger partial charge < -0.3 is 20.1 Å². The molecule has 1 fully saturated rings. The van der Waals surface area contributed by atoms with Crippen molar-refractivity contribution in [1.82, 2.24) is 10.2 Å². The summed E-state index contributed by atoms with van der Waals surface area (Å²) >= 11 is 1.63. The van der Waals surface area contributed by atoms with E-state index < -0.39 is 11.9 Å². The number of nitrogens with two attached hydrogens (primary N) is 1. The molecule has 9 heteroatoms. The lowest BCUT2D eigenvalue weighted by molar-refractivity contribution is -0.136. The molecule has 2 aliphatic rings. The van der Waals surface area contributed by atoms with Crippen LogP contribution in [0.1, 0.15) is 28.8 Å². The quantitative estimate of drug-likeness (QED) is 0.331. The van der Waals surface area contributed by atoms with Crippen molar-refractivity contribution in [3.63, 3.8) is 0 Å². The first-order valence-electron chi connectivity index (χ1n) is 9.36. The largest absolute Gasteiger partial charge is 0.378 e. The normalized spacial score (nSPS) is 19.1. The second-order valence-electron chi connectivity index (χ2n) is 6.54. The second kappa shape index (κ2) is 10.0. The summed E-state index contributed by atoms with van der Waals surface area (Å²) in [5, 5.41) is 2.32. The number of amides is 3. The third kappa shape index (κ3) is 4.91. The van der Waals surface area contributed by atoms with Crippen LogP contribution in [0.3, 0.4) is 0 Å². The lowest BCUT2D eigenvalue weighted by Gasteiger charge is -2.29. The molecule has 3 N–H and O–H groups in total. The second-order valence-corrected chi connectivity index (χ2v) is 7.68. The van der Waals surface area contributed by atoms with Gasteiger partial charge in [0, 0.05) is 35.7 Å². The van der Waals surface area contributed by atoms with E-state index in [1.807, 2.05) is 12.1 Å². The lowest BCUT2D eigenvalue weighted by Crippen LogP contribution is -2.52. The van der Waals surface area contributed by atoms with Gasteiger partial charge in [-0.05, 0) is 24.1 Å². The van der Waals surface area contributed by atoms with Crippen LogP contribution in [0.5, 0.6) is 0 Å². The highest BCUT2D eigenvalue weighted by Gasteiger charge is 2.39. The van der Waals surface area contributed by atoms with E-state index in [9.17, 15) is 14.4 Å². The van der Waals surface area contributed by atoms with Gasteiger partial charge in [0.2, 0.25) is 11.8 Å². The smallest absolute Gasteiger partial charge is 0.255 e. The third-order valence-corrected chi connectivity index (χ3v) is 5.72. The van der Waals surface area contributed by atoms with Crippen LogP contribution in [-0.2, 0) is 25.6 Å². The van der Waals surface area contributed by atoms with Crippen molar-refractivity contribution in [1.29, 1.82) is 0 Å². The predicted octanol–water partition coefficient (Wildman–Crippen LogP) is 0.532. The summed E-state index contributed by atoms with van der Waals surface area (Å²) in [6, 6.07) is 5.04. The number of hydrogen-bond acceptors (Lipinski definition) is 7. The van der Waals surface area contributed by atoms with Gasteiger partial charge in [-0.2, -0.15) is 0 Å². The van der Waals surface area contributed by atoms with Gasteiger partial charge in [-0.25, -0.2) is 0 Å². The van der Waals surface area contributed by atoms with Gasteiger partial charge in [0.05, 0.1) is 26.4 Å². The van der Waals surface area contributed by atoms with E-state index in [-0.39, 0.29) is 18.2 Å². The number of hydrogen-bond donors (Lipinski definition) is 2. The highest BCUT2D eigenvalue weighted by atomic mass is 32.2. The Morgan fingerprint density at radius 3 is 2.68 bits per heavy atom. The number of piperidine rings is 1. The monoisotopic (exact) mass is 407 g/mol. The van der Waals surface area contributed by atoms with Gasteiger partial charge in [0.25, 0.3) is 5.91 Å². The molecule has 0 spiro atoms. The predicted molar refractivity (Wildman–Crippen MR) is 104 cm³/mol. The zero-order valence-corrected chi connectivity index (χ0v) is 16.5. The van der Waals surface area contributed by atoms with Crippen LogP contribution in [0, 0.1) is 0 Å². The molecule has 3 amide bonds. The van der Waals surface area contributed by atoms with Gasteiger partial charge in [0.15, 0.2) is 0 Å². The van der Waals surface area contributed by atoms with Crippen LogP contribution in [0.4, 0.5) is 0 Å². The van der Waals surface area contributed by atoms with E-state index in [2.05, 4.69) is 5.32 Å². The molecule has 1 atom stereocenters. The van der Waals surface area contributed by atoms with Crippen molar-refractivity contribution in [3.8, 4) is 0 Å². The minimum Gasteiger partial charge on any atom is -0.378 e. The van der Waals surface area contributed by atoms with E-state index in [0.717, 1.165) is 16.2 Å². The Balaban J connectivity index is 1.54. The van der Waals surface area contributed by atoms with Crippen LogP contribution in [0.25, 0.3) is 0 Å².